The van der Waals surface area contributed by atoms with E-state index in [1.54, 1.807) is 10.9 Å². The number of nitrogens with zero attached hydrogens (tertiary/aromatic N) is 3. The van der Waals surface area contributed by atoms with E-state index in [-0.39, 0.29) is 16.8 Å². The third kappa shape index (κ3) is 3.44. The quantitative estimate of drug-likeness (QED) is 0.877. The topological polar surface area (TPSA) is 89.2 Å². The zero-order valence-corrected chi connectivity index (χ0v) is 15.0. The van der Waals surface area contributed by atoms with E-state index in [1.165, 1.54) is 4.57 Å². The van der Waals surface area contributed by atoms with Gasteiger partial charge in [0.25, 0.3) is 11.5 Å². The molecule has 2 N–H and O–H groups in total. The van der Waals surface area contributed by atoms with Gasteiger partial charge in [0.15, 0.2) is 11.3 Å². The SMILES string of the molecule is CCCCn1c(=O)c(C(=O)NC(C)(C)C)c(O)c2nn(CC)cc21. The molecule has 0 aliphatic heterocycles. The number of aryl methyl sites for hydroxylation is 2. The third-order valence-corrected chi connectivity index (χ3v) is 3.73. The summed E-state index contributed by atoms with van der Waals surface area (Å²) in [6, 6.07) is 0. The molecule has 1 amide bonds. The first-order chi connectivity index (χ1) is 11.2. The summed E-state index contributed by atoms with van der Waals surface area (Å²) in [6.45, 7) is 10.5. The number of amides is 1. The molecule has 2 heterocycles. The number of carbonyl (C=O) groups is 1. The Morgan fingerprint density at radius 1 is 1.33 bits per heavy atom. The molecule has 2 aromatic heterocycles. The van der Waals surface area contributed by atoms with Gasteiger partial charge in [-0.2, -0.15) is 5.10 Å². The molecule has 7 nitrogen and oxygen atoms in total. The Bertz CT molecular complexity index is 812. The first kappa shape index (κ1) is 18.0. The monoisotopic (exact) mass is 334 g/mol. The van der Waals surface area contributed by atoms with Gasteiger partial charge in [0.05, 0.1) is 5.52 Å². The molecule has 24 heavy (non-hydrogen) atoms. The van der Waals surface area contributed by atoms with Crippen LogP contribution in [0.2, 0.25) is 0 Å². The fourth-order valence-electron chi connectivity index (χ4n) is 2.55. The molecule has 0 unspecified atom stereocenters. The molecule has 0 saturated carbocycles. The van der Waals surface area contributed by atoms with Gasteiger partial charge in [0, 0.05) is 24.8 Å². The molecule has 2 aromatic rings. The third-order valence-electron chi connectivity index (χ3n) is 3.73. The van der Waals surface area contributed by atoms with Gasteiger partial charge in [0.1, 0.15) is 5.56 Å². The van der Waals surface area contributed by atoms with Gasteiger partial charge in [-0.3, -0.25) is 14.3 Å². The van der Waals surface area contributed by atoms with Crippen molar-refractivity contribution in [1.82, 2.24) is 19.7 Å². The molecule has 0 fully saturated rings. The van der Waals surface area contributed by atoms with Crippen LogP contribution in [0.1, 0.15) is 57.8 Å². The lowest BCUT2D eigenvalue weighted by molar-refractivity contribution is 0.0915. The van der Waals surface area contributed by atoms with E-state index in [2.05, 4.69) is 10.4 Å². The molecule has 0 spiro atoms. The number of carbonyl (C=O) groups excluding carboxylic acids is 1. The number of pyridine rings is 1. The average Bonchev–Trinajstić information content (AvgIpc) is 2.90. The normalized spacial score (nSPS) is 11.9. The summed E-state index contributed by atoms with van der Waals surface area (Å²) in [5.41, 5.74) is -0.394. The number of aromatic hydroxyl groups is 1. The lowest BCUT2D eigenvalue weighted by Crippen LogP contribution is -2.43. The minimum Gasteiger partial charge on any atom is -0.505 e. The summed E-state index contributed by atoms with van der Waals surface area (Å²) in [7, 11) is 0. The van der Waals surface area contributed by atoms with Crippen LogP contribution in [0.3, 0.4) is 0 Å². The Hall–Kier alpha value is -2.31. The second-order valence-electron chi connectivity index (χ2n) is 6.96. The van der Waals surface area contributed by atoms with Crippen molar-refractivity contribution < 1.29 is 9.90 Å². The van der Waals surface area contributed by atoms with Crippen molar-refractivity contribution >= 4 is 16.9 Å². The Labute approximate surface area is 141 Å². The van der Waals surface area contributed by atoms with Crippen LogP contribution in [-0.2, 0) is 13.1 Å². The molecule has 0 aliphatic rings. The Morgan fingerprint density at radius 2 is 2.00 bits per heavy atom. The fourth-order valence-corrected chi connectivity index (χ4v) is 2.55. The number of aromatic nitrogens is 3. The second-order valence-corrected chi connectivity index (χ2v) is 6.96. The average molecular weight is 334 g/mol. The van der Waals surface area contributed by atoms with Crippen molar-refractivity contribution in [3.63, 3.8) is 0 Å². The molecule has 132 valence electrons. The minimum absolute atomic E-state index is 0.241. The first-order valence-electron chi connectivity index (χ1n) is 8.35. The van der Waals surface area contributed by atoms with Crippen molar-refractivity contribution in [1.29, 1.82) is 0 Å². The predicted octanol–water partition coefficient (Wildman–Crippen LogP) is 2.25. The summed E-state index contributed by atoms with van der Waals surface area (Å²) in [4.78, 5) is 25.4. The number of rotatable bonds is 5. The number of hydrogen-bond donors (Lipinski definition) is 2. The molecule has 0 atom stereocenters. The Kier molecular flexibility index (Phi) is 5.01. The molecule has 2 rings (SSSR count). The van der Waals surface area contributed by atoms with Crippen molar-refractivity contribution in [2.75, 3.05) is 0 Å². The molecular weight excluding hydrogens is 308 g/mol. The molecule has 0 radical (unpaired) electrons. The van der Waals surface area contributed by atoms with Crippen molar-refractivity contribution in [2.24, 2.45) is 0 Å². The zero-order chi connectivity index (χ0) is 18.1. The van der Waals surface area contributed by atoms with Crippen molar-refractivity contribution in [3.05, 3.63) is 22.1 Å². The molecule has 7 heteroatoms. The van der Waals surface area contributed by atoms with Crippen molar-refractivity contribution in [2.45, 2.75) is 66.1 Å². The number of unbranched alkanes of at least 4 members (excludes halogenated alkanes) is 1. The zero-order valence-electron chi connectivity index (χ0n) is 15.0. The van der Waals surface area contributed by atoms with Crippen molar-refractivity contribution in [3.8, 4) is 5.75 Å². The molecular formula is C17H26N4O3. The van der Waals surface area contributed by atoms with Gasteiger partial charge in [-0.25, -0.2) is 0 Å². The van der Waals surface area contributed by atoms with Crippen LogP contribution in [0, 0.1) is 0 Å². The van der Waals surface area contributed by atoms with E-state index < -0.39 is 17.0 Å². The molecule has 0 aliphatic carbocycles. The summed E-state index contributed by atoms with van der Waals surface area (Å²) < 4.78 is 3.19. The van der Waals surface area contributed by atoms with Crippen LogP contribution in [0.4, 0.5) is 0 Å². The summed E-state index contributed by atoms with van der Waals surface area (Å²) >= 11 is 0. The largest absolute Gasteiger partial charge is 0.505 e. The smallest absolute Gasteiger partial charge is 0.267 e. The van der Waals surface area contributed by atoms with E-state index in [1.807, 2.05) is 34.6 Å². The van der Waals surface area contributed by atoms with Gasteiger partial charge in [-0.05, 0) is 34.1 Å². The summed E-state index contributed by atoms with van der Waals surface area (Å²) in [5.74, 6) is -0.931. The van der Waals surface area contributed by atoms with Gasteiger partial charge < -0.3 is 15.0 Å². The maximum atomic E-state index is 12.8. The molecule has 0 aromatic carbocycles. The highest BCUT2D eigenvalue weighted by atomic mass is 16.3. The molecule has 0 saturated heterocycles. The Balaban J connectivity index is 2.71. The number of hydrogen-bond acceptors (Lipinski definition) is 4. The van der Waals surface area contributed by atoms with Crippen LogP contribution in [0.5, 0.6) is 5.75 Å². The van der Waals surface area contributed by atoms with Crippen LogP contribution >= 0.6 is 0 Å². The maximum Gasteiger partial charge on any atom is 0.267 e. The maximum absolute atomic E-state index is 12.8. The van der Waals surface area contributed by atoms with Gasteiger partial charge in [-0.1, -0.05) is 13.3 Å². The van der Waals surface area contributed by atoms with Gasteiger partial charge >= 0.3 is 0 Å². The standard InChI is InChI=1S/C17H26N4O3/c1-6-8-9-21-11-10-20(7-2)19-13(11)14(22)12(16(21)24)15(23)18-17(3,4)5/h10,22H,6-9H2,1-5H3,(H,18,23). The predicted molar refractivity (Wildman–Crippen MR) is 93.5 cm³/mol. The second kappa shape index (κ2) is 6.67. The van der Waals surface area contributed by atoms with Crippen LogP contribution < -0.4 is 10.9 Å². The van der Waals surface area contributed by atoms with Crippen LogP contribution in [0.25, 0.3) is 11.0 Å². The van der Waals surface area contributed by atoms with E-state index >= 15 is 0 Å². The Morgan fingerprint density at radius 3 is 2.54 bits per heavy atom. The van der Waals surface area contributed by atoms with E-state index in [9.17, 15) is 14.7 Å². The number of fused-ring (bicyclic) bond motifs is 1. The minimum atomic E-state index is -0.580. The van der Waals surface area contributed by atoms with Gasteiger partial charge in [0.2, 0.25) is 0 Å². The molecule has 0 bridgehead atoms. The van der Waals surface area contributed by atoms with Crippen LogP contribution in [-0.4, -0.2) is 30.9 Å². The highest BCUT2D eigenvalue weighted by molar-refractivity contribution is 6.01. The van der Waals surface area contributed by atoms with E-state index in [4.69, 9.17) is 0 Å². The van der Waals surface area contributed by atoms with Gasteiger partial charge in [-0.15, -0.1) is 0 Å². The van der Waals surface area contributed by atoms with E-state index in [0.717, 1.165) is 12.8 Å². The first-order valence-corrected chi connectivity index (χ1v) is 8.35. The van der Waals surface area contributed by atoms with E-state index in [0.29, 0.717) is 18.6 Å². The summed E-state index contributed by atoms with van der Waals surface area (Å²) in [6.07, 6.45) is 3.45. The highest BCUT2D eigenvalue weighted by Gasteiger charge is 2.26. The lowest BCUT2D eigenvalue weighted by Gasteiger charge is -2.21. The number of nitrogens with one attached hydrogen (secondary N) is 1. The summed E-state index contributed by atoms with van der Waals surface area (Å²) in [5, 5.41) is 17.6. The highest BCUT2D eigenvalue weighted by Crippen LogP contribution is 2.25. The van der Waals surface area contributed by atoms with Crippen LogP contribution in [0.15, 0.2) is 11.0 Å². The fraction of sp³-hybridized carbons (Fsp3) is 0.588. The lowest BCUT2D eigenvalue weighted by atomic mass is 10.1.